The van der Waals surface area contributed by atoms with E-state index in [0.717, 1.165) is 30.2 Å². The summed E-state index contributed by atoms with van der Waals surface area (Å²) in [7, 11) is 3.41. The topological polar surface area (TPSA) is 85.2 Å². The third kappa shape index (κ3) is 3.55. The number of carbonyl (C=O) groups is 1. The van der Waals surface area contributed by atoms with Crippen molar-refractivity contribution >= 4 is 22.8 Å². The summed E-state index contributed by atoms with van der Waals surface area (Å²) in [5.41, 5.74) is 0.152. The van der Waals surface area contributed by atoms with E-state index in [0.29, 0.717) is 24.6 Å². The quantitative estimate of drug-likeness (QED) is 0.681. The molecular weight excluding hydrogens is 356 g/mol. The number of hydroxylamine groups is 2. The van der Waals surface area contributed by atoms with Gasteiger partial charge in [-0.3, -0.25) is 0 Å². The van der Waals surface area contributed by atoms with Gasteiger partial charge in [0.15, 0.2) is 5.82 Å². The number of benzene rings is 1. The van der Waals surface area contributed by atoms with Gasteiger partial charge in [0.05, 0.1) is 11.7 Å². The Morgan fingerprint density at radius 2 is 1.96 bits per heavy atom. The number of hydrogen-bond donors (Lipinski definition) is 1. The van der Waals surface area contributed by atoms with Crippen LogP contribution in [0.3, 0.4) is 0 Å². The lowest BCUT2D eigenvalue weighted by Gasteiger charge is -2.36. The summed E-state index contributed by atoms with van der Waals surface area (Å²) in [4.78, 5) is 27.2. The Hall–Kier alpha value is -3.00. The zero-order valence-electron chi connectivity index (χ0n) is 16.1. The summed E-state index contributed by atoms with van der Waals surface area (Å²) in [5.74, 6) is 0.746. The fourth-order valence-electron chi connectivity index (χ4n) is 3.68. The van der Waals surface area contributed by atoms with Crippen molar-refractivity contribution in [3.8, 4) is 5.82 Å². The molecule has 8 heteroatoms. The number of carbonyl (C=O) groups excluding carboxylic acids is 1. The van der Waals surface area contributed by atoms with Crippen molar-refractivity contribution in [2.24, 2.45) is 0 Å². The van der Waals surface area contributed by atoms with Gasteiger partial charge >= 0.3 is 5.97 Å². The lowest BCUT2D eigenvalue weighted by Crippen LogP contribution is -2.50. The van der Waals surface area contributed by atoms with Crippen LogP contribution in [0.25, 0.3) is 16.7 Å². The normalized spacial score (nSPS) is 16.2. The largest absolute Gasteiger partial charge is 0.366 e. The summed E-state index contributed by atoms with van der Waals surface area (Å²) >= 11 is 0. The SMILES string of the molecule is CN(C)OC(=O)C1(Nc2nccc(-n3ncc4ccccc43)n2)CCCCC1. The van der Waals surface area contributed by atoms with Gasteiger partial charge in [-0.05, 0) is 18.9 Å². The summed E-state index contributed by atoms with van der Waals surface area (Å²) in [6.45, 7) is 0. The van der Waals surface area contributed by atoms with Crippen molar-refractivity contribution < 1.29 is 9.63 Å². The molecule has 0 amide bonds. The molecule has 146 valence electrons. The van der Waals surface area contributed by atoms with E-state index in [4.69, 9.17) is 4.84 Å². The Balaban J connectivity index is 1.65. The predicted octanol–water partition coefficient (Wildman–Crippen LogP) is 2.95. The maximum absolute atomic E-state index is 12.8. The molecule has 8 nitrogen and oxygen atoms in total. The lowest BCUT2D eigenvalue weighted by atomic mass is 9.82. The molecule has 0 atom stereocenters. The van der Waals surface area contributed by atoms with Crippen molar-refractivity contribution in [3.05, 3.63) is 42.7 Å². The Bertz CT molecular complexity index is 977. The summed E-state index contributed by atoms with van der Waals surface area (Å²) < 4.78 is 1.77. The molecule has 0 unspecified atom stereocenters. The molecule has 3 aromatic rings. The lowest BCUT2D eigenvalue weighted by molar-refractivity contribution is -0.185. The number of rotatable bonds is 5. The van der Waals surface area contributed by atoms with Gasteiger partial charge in [-0.15, -0.1) is 5.06 Å². The molecule has 0 radical (unpaired) electrons. The summed E-state index contributed by atoms with van der Waals surface area (Å²) in [6.07, 6.45) is 7.89. The van der Waals surface area contributed by atoms with Gasteiger partial charge in [0.25, 0.3) is 0 Å². The number of anilines is 1. The van der Waals surface area contributed by atoms with E-state index in [2.05, 4.69) is 20.4 Å². The van der Waals surface area contributed by atoms with Crippen LogP contribution in [-0.4, -0.2) is 50.4 Å². The fourth-order valence-corrected chi connectivity index (χ4v) is 3.68. The predicted molar refractivity (Wildman–Crippen MR) is 106 cm³/mol. The minimum absolute atomic E-state index is 0.296. The van der Waals surface area contributed by atoms with Crippen molar-refractivity contribution in [3.63, 3.8) is 0 Å². The molecular formula is C20H24N6O2. The first-order chi connectivity index (χ1) is 13.6. The molecule has 4 rings (SSSR count). The third-order valence-electron chi connectivity index (χ3n) is 5.05. The van der Waals surface area contributed by atoms with Crippen LogP contribution in [0.2, 0.25) is 0 Å². The molecule has 28 heavy (non-hydrogen) atoms. The van der Waals surface area contributed by atoms with E-state index in [1.165, 1.54) is 5.06 Å². The van der Waals surface area contributed by atoms with Gasteiger partial charge in [0.2, 0.25) is 5.95 Å². The van der Waals surface area contributed by atoms with E-state index < -0.39 is 5.54 Å². The number of hydrogen-bond acceptors (Lipinski definition) is 7. The van der Waals surface area contributed by atoms with Crippen LogP contribution in [0.4, 0.5) is 5.95 Å². The van der Waals surface area contributed by atoms with Crippen molar-refractivity contribution in [2.45, 2.75) is 37.6 Å². The fraction of sp³-hybridized carbons (Fsp3) is 0.400. The third-order valence-corrected chi connectivity index (χ3v) is 5.05. The number of para-hydroxylation sites is 1. The zero-order chi connectivity index (χ0) is 19.6. The number of nitrogens with one attached hydrogen (secondary N) is 1. The first kappa shape index (κ1) is 18.4. The summed E-state index contributed by atoms with van der Waals surface area (Å²) in [5, 5.41) is 10.2. The molecule has 2 heterocycles. The second-order valence-electron chi connectivity index (χ2n) is 7.31. The number of nitrogens with zero attached hydrogens (tertiary/aromatic N) is 5. The molecule has 0 bridgehead atoms. The second-order valence-corrected chi connectivity index (χ2v) is 7.31. The molecule has 1 aliphatic rings. The first-order valence-electron chi connectivity index (χ1n) is 9.51. The Labute approximate surface area is 163 Å². The van der Waals surface area contributed by atoms with Crippen LogP contribution < -0.4 is 5.32 Å². The van der Waals surface area contributed by atoms with Crippen LogP contribution in [0.1, 0.15) is 32.1 Å². The van der Waals surface area contributed by atoms with Crippen LogP contribution in [0, 0.1) is 0 Å². The van der Waals surface area contributed by atoms with Crippen molar-refractivity contribution in [1.82, 2.24) is 24.8 Å². The smallest absolute Gasteiger partial charge is 0.350 e. The van der Waals surface area contributed by atoms with Crippen LogP contribution in [0.5, 0.6) is 0 Å². The minimum atomic E-state index is -0.812. The van der Waals surface area contributed by atoms with Crippen LogP contribution in [-0.2, 0) is 9.63 Å². The van der Waals surface area contributed by atoms with Crippen LogP contribution >= 0.6 is 0 Å². The maximum atomic E-state index is 12.8. The average molecular weight is 380 g/mol. The van der Waals surface area contributed by atoms with E-state index in [1.807, 2.05) is 30.5 Å². The molecule has 1 N–H and O–H groups in total. The van der Waals surface area contributed by atoms with Gasteiger partial charge in [0, 0.05) is 31.7 Å². The van der Waals surface area contributed by atoms with Gasteiger partial charge in [-0.2, -0.15) is 10.1 Å². The number of aromatic nitrogens is 4. The van der Waals surface area contributed by atoms with Gasteiger partial charge in [-0.25, -0.2) is 14.5 Å². The van der Waals surface area contributed by atoms with Crippen molar-refractivity contribution in [1.29, 1.82) is 0 Å². The van der Waals surface area contributed by atoms with Gasteiger partial charge < -0.3 is 10.2 Å². The minimum Gasteiger partial charge on any atom is -0.366 e. The highest BCUT2D eigenvalue weighted by molar-refractivity contribution is 5.84. The second kappa shape index (κ2) is 7.55. The first-order valence-corrected chi connectivity index (χ1v) is 9.51. The van der Waals surface area contributed by atoms with Crippen molar-refractivity contribution in [2.75, 3.05) is 19.4 Å². The molecule has 0 aliphatic heterocycles. The van der Waals surface area contributed by atoms with Crippen LogP contribution in [0.15, 0.2) is 42.7 Å². The highest BCUT2D eigenvalue weighted by atomic mass is 16.7. The molecule has 1 aromatic carbocycles. The maximum Gasteiger partial charge on any atom is 0.350 e. The average Bonchev–Trinajstić information content (AvgIpc) is 3.12. The molecule has 1 fully saturated rings. The van der Waals surface area contributed by atoms with Gasteiger partial charge in [0.1, 0.15) is 5.54 Å². The molecule has 1 aliphatic carbocycles. The Morgan fingerprint density at radius 1 is 1.18 bits per heavy atom. The van der Waals surface area contributed by atoms with E-state index in [9.17, 15) is 4.79 Å². The Morgan fingerprint density at radius 3 is 2.75 bits per heavy atom. The standard InChI is InChI=1S/C20H24N6O2/c1-25(2)28-18(27)20(11-6-3-7-12-20)24-19-21-13-10-17(23-19)26-16-9-5-4-8-15(16)14-22-26/h4-5,8-10,13-14H,3,6-7,11-12H2,1-2H3,(H,21,23,24). The Kier molecular flexibility index (Phi) is 4.95. The summed E-state index contributed by atoms with van der Waals surface area (Å²) in [6, 6.07) is 9.75. The van der Waals surface area contributed by atoms with Gasteiger partial charge in [-0.1, -0.05) is 37.5 Å². The van der Waals surface area contributed by atoms with E-state index in [1.54, 1.807) is 31.0 Å². The highest BCUT2D eigenvalue weighted by Crippen LogP contribution is 2.32. The molecule has 2 aromatic heterocycles. The number of fused-ring (bicyclic) bond motifs is 1. The monoisotopic (exact) mass is 380 g/mol. The molecule has 0 spiro atoms. The molecule has 0 saturated heterocycles. The zero-order valence-corrected chi connectivity index (χ0v) is 16.1. The molecule has 1 saturated carbocycles. The highest BCUT2D eigenvalue weighted by Gasteiger charge is 2.42. The van der Waals surface area contributed by atoms with E-state index >= 15 is 0 Å². The van der Waals surface area contributed by atoms with E-state index in [-0.39, 0.29) is 5.97 Å².